The van der Waals surface area contributed by atoms with Gasteiger partial charge in [-0.3, -0.25) is 5.26 Å². The van der Waals surface area contributed by atoms with Crippen molar-refractivity contribution in [3.8, 4) is 0 Å². The lowest BCUT2D eigenvalue weighted by Gasteiger charge is -2.09. The fraction of sp³-hybridized carbons (Fsp3) is 1.00. The Morgan fingerprint density at radius 3 is 1.46 bits per heavy atom. The van der Waals surface area contributed by atoms with Crippen molar-refractivity contribution in [2.75, 3.05) is 19.8 Å². The Labute approximate surface area is 151 Å². The van der Waals surface area contributed by atoms with E-state index in [2.05, 4.69) is 11.8 Å². The molecule has 0 aliphatic rings. The lowest BCUT2D eigenvalue weighted by molar-refractivity contribution is -0.252. The van der Waals surface area contributed by atoms with Gasteiger partial charge in [-0.05, 0) is 6.42 Å². The van der Waals surface area contributed by atoms with Crippen LogP contribution < -0.4 is 0 Å². The second kappa shape index (κ2) is 20.9. The van der Waals surface area contributed by atoms with E-state index in [1.807, 2.05) is 6.92 Å². The van der Waals surface area contributed by atoms with Gasteiger partial charge < -0.3 is 4.74 Å². The summed E-state index contributed by atoms with van der Waals surface area (Å²) in [5, 5.41) is 8.32. The van der Waals surface area contributed by atoms with Crippen LogP contribution in [0.25, 0.3) is 0 Å². The molecule has 1 N–H and O–H groups in total. The largest absolute Gasteiger partial charge is 0.381 e. The summed E-state index contributed by atoms with van der Waals surface area (Å²) in [6, 6.07) is 0. The first kappa shape index (κ1) is 23.9. The predicted octanol–water partition coefficient (Wildman–Crippen LogP) is 7.00. The molecule has 3 nitrogen and oxygen atoms in total. The van der Waals surface area contributed by atoms with Gasteiger partial charge in [-0.1, -0.05) is 104 Å². The zero-order chi connectivity index (χ0) is 17.7. The molecule has 146 valence electrons. The molecule has 0 aliphatic carbocycles. The highest BCUT2D eigenvalue weighted by Gasteiger charge is 2.01. The molecule has 0 saturated heterocycles. The van der Waals surface area contributed by atoms with Gasteiger partial charge in [0.15, 0.2) is 0 Å². The molecule has 0 spiro atoms. The summed E-state index contributed by atoms with van der Waals surface area (Å²) in [5.74, 6) is 0.270. The second-order valence-corrected chi connectivity index (χ2v) is 7.43. The van der Waals surface area contributed by atoms with Gasteiger partial charge in [0.25, 0.3) is 0 Å². The molecule has 0 amide bonds. The Morgan fingerprint density at radius 2 is 1.04 bits per heavy atom. The smallest absolute Gasteiger partial charge is 0.0867 e. The van der Waals surface area contributed by atoms with Crippen LogP contribution in [0.4, 0.5) is 0 Å². The topological polar surface area (TPSA) is 38.7 Å². The molecular weight excluding hydrogens is 300 g/mol. The quantitative estimate of drug-likeness (QED) is 0.147. The molecule has 0 rings (SSSR count). The lowest BCUT2D eigenvalue weighted by Crippen LogP contribution is -2.12. The van der Waals surface area contributed by atoms with Crippen LogP contribution >= 0.6 is 0 Å². The third-order valence-electron chi connectivity index (χ3n) is 4.65. The molecule has 0 radical (unpaired) electrons. The molecule has 0 fully saturated rings. The first-order valence-electron chi connectivity index (χ1n) is 10.6. The van der Waals surface area contributed by atoms with Gasteiger partial charge in [0.05, 0.1) is 13.2 Å². The van der Waals surface area contributed by atoms with Crippen LogP contribution in [0.15, 0.2) is 0 Å². The van der Waals surface area contributed by atoms with E-state index in [4.69, 9.17) is 9.99 Å². The summed E-state index contributed by atoms with van der Waals surface area (Å²) in [7, 11) is 0. The zero-order valence-electron chi connectivity index (χ0n) is 16.6. The molecule has 0 heterocycles. The predicted molar refractivity (Wildman–Crippen MR) is 103 cm³/mol. The van der Waals surface area contributed by atoms with Gasteiger partial charge in [-0.15, -0.1) is 0 Å². The number of hydrogen-bond acceptors (Lipinski definition) is 3. The van der Waals surface area contributed by atoms with Crippen molar-refractivity contribution in [1.82, 2.24) is 0 Å². The molecular formula is C21H44O3. The first-order valence-corrected chi connectivity index (χ1v) is 10.6. The minimum Gasteiger partial charge on any atom is -0.381 e. The van der Waals surface area contributed by atoms with Crippen LogP contribution in [0.5, 0.6) is 0 Å². The van der Waals surface area contributed by atoms with Crippen molar-refractivity contribution in [1.29, 1.82) is 0 Å². The van der Waals surface area contributed by atoms with E-state index in [9.17, 15) is 0 Å². The van der Waals surface area contributed by atoms with Crippen molar-refractivity contribution in [2.45, 2.75) is 110 Å². The number of unbranched alkanes of at least 4 members (excludes halogenated alkanes) is 14. The van der Waals surface area contributed by atoms with Gasteiger partial charge in [0.2, 0.25) is 0 Å². The third kappa shape index (κ3) is 19.9. The zero-order valence-corrected chi connectivity index (χ0v) is 16.6. The lowest BCUT2D eigenvalue weighted by atomic mass is 10.0. The standard InChI is InChI=1S/C21H44O3/c1-3-4-5-6-7-8-9-10-11-12-13-14-15-16-17-18-23-19-21(2)20-24-22/h21-22H,3-20H2,1-2H3/t21-/m0/s1. The maximum atomic E-state index is 8.32. The van der Waals surface area contributed by atoms with Crippen LogP contribution in [0, 0.1) is 5.92 Å². The van der Waals surface area contributed by atoms with E-state index in [1.165, 1.54) is 89.9 Å². The normalized spacial score (nSPS) is 12.6. The molecule has 0 aromatic rings. The highest BCUT2D eigenvalue weighted by Crippen LogP contribution is 2.13. The fourth-order valence-corrected chi connectivity index (χ4v) is 3.04. The van der Waals surface area contributed by atoms with Crippen molar-refractivity contribution >= 4 is 0 Å². The van der Waals surface area contributed by atoms with Crippen molar-refractivity contribution in [3.05, 3.63) is 0 Å². The fourth-order valence-electron chi connectivity index (χ4n) is 3.04. The number of ether oxygens (including phenoxy) is 1. The van der Waals surface area contributed by atoms with Crippen LogP contribution in [0.1, 0.15) is 110 Å². The van der Waals surface area contributed by atoms with Gasteiger partial charge in [-0.25, -0.2) is 4.89 Å². The minimum atomic E-state index is 0.270. The summed E-state index contributed by atoms with van der Waals surface area (Å²) < 4.78 is 5.57. The van der Waals surface area contributed by atoms with Crippen molar-refractivity contribution < 1.29 is 14.9 Å². The molecule has 3 heteroatoms. The summed E-state index contributed by atoms with van der Waals surface area (Å²) >= 11 is 0. The second-order valence-electron chi connectivity index (χ2n) is 7.43. The van der Waals surface area contributed by atoms with Gasteiger partial charge in [0.1, 0.15) is 0 Å². The molecule has 0 aromatic heterocycles. The summed E-state index contributed by atoms with van der Waals surface area (Å²) in [6.45, 7) is 6.18. The first-order chi connectivity index (χ1) is 11.8. The van der Waals surface area contributed by atoms with Gasteiger partial charge in [0, 0.05) is 12.5 Å². The summed E-state index contributed by atoms with van der Waals surface area (Å²) in [5.41, 5.74) is 0. The van der Waals surface area contributed by atoms with Crippen molar-refractivity contribution in [3.63, 3.8) is 0 Å². The number of rotatable bonds is 20. The van der Waals surface area contributed by atoms with Crippen LogP contribution in [-0.2, 0) is 9.62 Å². The van der Waals surface area contributed by atoms with E-state index in [0.717, 1.165) is 13.0 Å². The van der Waals surface area contributed by atoms with Gasteiger partial charge in [-0.2, -0.15) is 0 Å². The maximum Gasteiger partial charge on any atom is 0.0867 e. The highest BCUT2D eigenvalue weighted by atomic mass is 17.1. The molecule has 0 unspecified atom stereocenters. The van der Waals surface area contributed by atoms with E-state index in [1.54, 1.807) is 0 Å². The minimum absolute atomic E-state index is 0.270. The van der Waals surface area contributed by atoms with E-state index < -0.39 is 0 Å². The summed E-state index contributed by atoms with van der Waals surface area (Å²) in [6.07, 6.45) is 20.9. The Hall–Kier alpha value is -0.120. The van der Waals surface area contributed by atoms with E-state index in [0.29, 0.717) is 13.2 Å². The SMILES string of the molecule is CCCCCCCCCCCCCCCCCOC[C@H](C)COO. The molecule has 0 saturated carbocycles. The Balaban J connectivity index is 3.00. The Kier molecular flexibility index (Phi) is 20.8. The maximum absolute atomic E-state index is 8.32. The third-order valence-corrected chi connectivity index (χ3v) is 4.65. The van der Waals surface area contributed by atoms with E-state index >= 15 is 0 Å². The molecule has 24 heavy (non-hydrogen) atoms. The monoisotopic (exact) mass is 344 g/mol. The highest BCUT2D eigenvalue weighted by molar-refractivity contribution is 4.50. The number of hydrogen-bond donors (Lipinski definition) is 1. The average Bonchev–Trinajstić information content (AvgIpc) is 2.58. The molecule has 0 aromatic carbocycles. The molecule has 0 aliphatic heterocycles. The van der Waals surface area contributed by atoms with Crippen LogP contribution in [0.3, 0.4) is 0 Å². The molecule has 1 atom stereocenters. The summed E-state index contributed by atoms with van der Waals surface area (Å²) in [4.78, 5) is 4.11. The Morgan fingerprint density at radius 1 is 0.625 bits per heavy atom. The molecule has 0 bridgehead atoms. The average molecular weight is 345 g/mol. The van der Waals surface area contributed by atoms with Crippen molar-refractivity contribution in [2.24, 2.45) is 5.92 Å². The van der Waals surface area contributed by atoms with Crippen LogP contribution in [0.2, 0.25) is 0 Å². The van der Waals surface area contributed by atoms with Gasteiger partial charge >= 0.3 is 0 Å². The van der Waals surface area contributed by atoms with Crippen LogP contribution in [-0.4, -0.2) is 25.1 Å². The Bertz CT molecular complexity index is 221. The van der Waals surface area contributed by atoms with E-state index in [-0.39, 0.29) is 5.92 Å².